The van der Waals surface area contributed by atoms with Gasteiger partial charge in [0.25, 0.3) is 0 Å². The molecule has 1 aromatic heterocycles. The highest BCUT2D eigenvalue weighted by Crippen LogP contribution is 2.35. The Balaban J connectivity index is 1.54. The number of aliphatic hydroxyl groups is 2. The van der Waals surface area contributed by atoms with E-state index in [2.05, 4.69) is 48.5 Å². The van der Waals surface area contributed by atoms with Gasteiger partial charge in [0.1, 0.15) is 29.8 Å². The largest absolute Gasteiger partial charge is 0.463 e. The van der Waals surface area contributed by atoms with Gasteiger partial charge in [-0.3, -0.25) is 0 Å². The van der Waals surface area contributed by atoms with Crippen molar-refractivity contribution in [2.45, 2.75) is 37.7 Å². The number of ether oxygens (including phenoxy) is 1. The number of benzene rings is 1. The number of nitrogens with one attached hydrogen (secondary N) is 1. The molecule has 3 N–H and O–H groups in total. The fourth-order valence-corrected chi connectivity index (χ4v) is 4.68. The number of aliphatic hydroxyl groups excluding tert-OH is 2. The number of aryl methyl sites for hydroxylation is 1. The minimum absolute atomic E-state index is 0.0698. The minimum atomic E-state index is -0.983. The first-order valence-corrected chi connectivity index (χ1v) is 9.88. The van der Waals surface area contributed by atoms with Gasteiger partial charge in [-0.25, -0.2) is 0 Å². The van der Waals surface area contributed by atoms with Crippen LogP contribution in [-0.4, -0.2) is 34.7 Å². The highest BCUT2D eigenvalue weighted by Gasteiger charge is 2.38. The third-order valence-electron chi connectivity index (χ3n) is 4.77. The Hall–Kier alpha value is -1.19. The average molecular weight is 486 g/mol. The lowest BCUT2D eigenvalue weighted by molar-refractivity contribution is 0.0117. The monoisotopic (exact) mass is 484 g/mol. The molecule has 138 valence electrons. The summed E-state index contributed by atoms with van der Waals surface area (Å²) < 4.78 is 13.3. The second-order valence-corrected chi connectivity index (χ2v) is 8.31. The van der Waals surface area contributed by atoms with Crippen LogP contribution in [-0.2, 0) is 4.74 Å². The lowest BCUT2D eigenvalue weighted by Gasteiger charge is -2.12. The van der Waals surface area contributed by atoms with Gasteiger partial charge in [0.15, 0.2) is 0 Å². The van der Waals surface area contributed by atoms with Gasteiger partial charge in [0.05, 0.1) is 18.4 Å². The van der Waals surface area contributed by atoms with Crippen molar-refractivity contribution in [3.8, 4) is 0 Å². The van der Waals surface area contributed by atoms with Crippen molar-refractivity contribution in [2.24, 2.45) is 5.10 Å². The summed E-state index contributed by atoms with van der Waals surface area (Å²) in [5.74, 6) is 1.23. The van der Waals surface area contributed by atoms with Crippen LogP contribution in [0.5, 0.6) is 0 Å². The molecule has 2 aromatic rings. The second kappa shape index (κ2) is 7.09. The van der Waals surface area contributed by atoms with Crippen LogP contribution >= 0.6 is 31.9 Å². The van der Waals surface area contributed by atoms with Crippen LogP contribution in [0.25, 0.3) is 0 Å². The van der Waals surface area contributed by atoms with Gasteiger partial charge in [-0.1, -0.05) is 37.9 Å². The Morgan fingerprint density at radius 3 is 2.73 bits per heavy atom. The molecule has 0 spiro atoms. The molecule has 1 unspecified atom stereocenters. The second-order valence-electron chi connectivity index (χ2n) is 6.54. The normalized spacial score (nSPS) is 28.3. The van der Waals surface area contributed by atoms with Gasteiger partial charge in [-0.2, -0.15) is 5.10 Å². The van der Waals surface area contributed by atoms with E-state index in [9.17, 15) is 10.2 Å². The van der Waals surface area contributed by atoms with Gasteiger partial charge in [0, 0.05) is 20.9 Å². The summed E-state index contributed by atoms with van der Waals surface area (Å²) >= 11 is 7.07. The van der Waals surface area contributed by atoms with E-state index in [0.29, 0.717) is 11.5 Å². The minimum Gasteiger partial charge on any atom is -0.463 e. The van der Waals surface area contributed by atoms with Gasteiger partial charge in [0.2, 0.25) is 0 Å². The molecule has 8 heteroatoms. The third-order valence-corrected chi connectivity index (χ3v) is 5.95. The zero-order chi connectivity index (χ0) is 18.4. The topological polar surface area (TPSA) is 87.2 Å². The fourth-order valence-electron chi connectivity index (χ4n) is 3.36. The molecule has 1 aromatic carbocycles. The highest BCUT2D eigenvalue weighted by atomic mass is 79.9. The van der Waals surface area contributed by atoms with Crippen molar-refractivity contribution in [1.29, 1.82) is 0 Å². The maximum atomic E-state index is 10.0. The predicted molar refractivity (Wildman–Crippen MR) is 103 cm³/mol. The van der Waals surface area contributed by atoms with E-state index < -0.39 is 18.3 Å². The molecule has 1 fully saturated rings. The molecule has 3 heterocycles. The van der Waals surface area contributed by atoms with E-state index >= 15 is 0 Å². The first kappa shape index (κ1) is 18.2. The van der Waals surface area contributed by atoms with Crippen LogP contribution in [0, 0.1) is 6.92 Å². The number of furan rings is 1. The van der Waals surface area contributed by atoms with Crippen LogP contribution in [0.4, 0.5) is 0 Å². The van der Waals surface area contributed by atoms with Crippen LogP contribution in [0.2, 0.25) is 0 Å². The summed E-state index contributed by atoms with van der Waals surface area (Å²) in [5.41, 5.74) is 6.10. The number of hydrazone groups is 1. The molecular formula is C18H18Br2N2O4. The molecule has 1 saturated heterocycles. The van der Waals surface area contributed by atoms with Crippen LogP contribution in [0.3, 0.4) is 0 Å². The number of nitrogens with zero attached hydrogens (tertiary/aromatic N) is 1. The number of halogens is 2. The Kier molecular flexibility index (Phi) is 4.96. The van der Waals surface area contributed by atoms with Gasteiger partial charge >= 0.3 is 0 Å². The molecule has 2 aliphatic rings. The first-order chi connectivity index (χ1) is 12.4. The molecule has 4 atom stereocenters. The standard InChI is InChI=1S/C18H18Br2N2O4/c1-8-11(5-16(26-8)18-17(24)15(23)7-25-18)14-6-13(21-22-14)10-3-2-9(19)4-12(10)20/h2-5,13,15,17-18,21,23-24H,6-7H2,1H3/t13?,15-,17-,18+/m1/s1. The Bertz CT molecular complexity index is 867. The van der Waals surface area contributed by atoms with E-state index in [1.54, 1.807) is 0 Å². The third kappa shape index (κ3) is 3.25. The van der Waals surface area contributed by atoms with E-state index in [1.807, 2.05) is 25.1 Å². The SMILES string of the molecule is Cc1oc([C@@H]2OC[C@@H](O)[C@H]2O)cc1C1=NNC(c2ccc(Br)cc2Br)C1. The van der Waals surface area contributed by atoms with E-state index in [0.717, 1.165) is 32.2 Å². The smallest absolute Gasteiger partial charge is 0.144 e. The van der Waals surface area contributed by atoms with Crippen molar-refractivity contribution < 1.29 is 19.4 Å². The van der Waals surface area contributed by atoms with E-state index in [-0.39, 0.29) is 12.6 Å². The molecular weight excluding hydrogens is 468 g/mol. The molecule has 0 saturated carbocycles. The van der Waals surface area contributed by atoms with E-state index in [1.165, 1.54) is 0 Å². The summed E-state index contributed by atoms with van der Waals surface area (Å²) in [4.78, 5) is 0. The Morgan fingerprint density at radius 2 is 2.04 bits per heavy atom. The maximum Gasteiger partial charge on any atom is 0.144 e. The molecule has 0 aliphatic carbocycles. The van der Waals surface area contributed by atoms with Crippen molar-refractivity contribution in [3.05, 3.63) is 55.9 Å². The first-order valence-electron chi connectivity index (χ1n) is 8.29. The summed E-state index contributed by atoms with van der Waals surface area (Å²) in [5, 5.41) is 24.2. The van der Waals surface area contributed by atoms with Gasteiger partial charge in [-0.15, -0.1) is 0 Å². The Morgan fingerprint density at radius 1 is 1.23 bits per heavy atom. The van der Waals surface area contributed by atoms with E-state index in [4.69, 9.17) is 9.15 Å². The Labute approximate surface area is 167 Å². The average Bonchev–Trinajstić information content (AvgIpc) is 3.28. The summed E-state index contributed by atoms with van der Waals surface area (Å²) in [7, 11) is 0. The molecule has 4 rings (SSSR count). The molecule has 0 radical (unpaired) electrons. The quantitative estimate of drug-likeness (QED) is 0.620. The van der Waals surface area contributed by atoms with Gasteiger partial charge < -0.3 is 24.8 Å². The van der Waals surface area contributed by atoms with Crippen molar-refractivity contribution >= 4 is 37.6 Å². The molecule has 0 amide bonds. The number of rotatable bonds is 3. The lowest BCUT2D eigenvalue weighted by Crippen LogP contribution is -2.24. The zero-order valence-corrected chi connectivity index (χ0v) is 17.1. The molecule has 0 bridgehead atoms. The van der Waals surface area contributed by atoms with Crippen molar-refractivity contribution in [2.75, 3.05) is 6.61 Å². The van der Waals surface area contributed by atoms with Crippen LogP contribution in [0.15, 0.2) is 42.7 Å². The summed E-state index contributed by atoms with van der Waals surface area (Å²) in [6.07, 6.45) is -1.80. The van der Waals surface area contributed by atoms with Gasteiger partial charge in [-0.05, 0) is 30.7 Å². The van der Waals surface area contributed by atoms with Crippen molar-refractivity contribution in [3.63, 3.8) is 0 Å². The van der Waals surface area contributed by atoms with Crippen LogP contribution in [0.1, 0.15) is 41.2 Å². The van der Waals surface area contributed by atoms with Crippen LogP contribution < -0.4 is 5.43 Å². The molecule has 2 aliphatic heterocycles. The predicted octanol–water partition coefficient (Wildman–Crippen LogP) is 3.34. The molecule has 6 nitrogen and oxygen atoms in total. The van der Waals surface area contributed by atoms with Crippen molar-refractivity contribution in [1.82, 2.24) is 5.43 Å². The highest BCUT2D eigenvalue weighted by molar-refractivity contribution is 9.11. The lowest BCUT2D eigenvalue weighted by atomic mass is 9.99. The number of hydrogen-bond acceptors (Lipinski definition) is 6. The summed E-state index contributed by atoms with van der Waals surface area (Å²) in [6, 6.07) is 7.99. The zero-order valence-electron chi connectivity index (χ0n) is 13.9. The maximum absolute atomic E-state index is 10.0. The fraction of sp³-hybridized carbons (Fsp3) is 0.389. The molecule has 26 heavy (non-hydrogen) atoms. The number of hydrogen-bond donors (Lipinski definition) is 3. The summed E-state index contributed by atoms with van der Waals surface area (Å²) in [6.45, 7) is 1.96.